The third-order valence-corrected chi connectivity index (χ3v) is 2.93. The molecule has 0 spiro atoms. The molecular formula is C12H15F3N2O2. The van der Waals surface area contributed by atoms with Crippen molar-refractivity contribution in [3.63, 3.8) is 0 Å². The quantitative estimate of drug-likeness (QED) is 0.821. The number of amides is 1. The van der Waals surface area contributed by atoms with Gasteiger partial charge in [-0.15, -0.1) is 0 Å². The topological polar surface area (TPSA) is 66.6 Å². The van der Waals surface area contributed by atoms with Gasteiger partial charge < -0.3 is 15.7 Å². The van der Waals surface area contributed by atoms with E-state index in [1.54, 1.807) is 6.92 Å². The van der Waals surface area contributed by atoms with Gasteiger partial charge in [-0.2, -0.15) is 4.39 Å². The van der Waals surface area contributed by atoms with Crippen molar-refractivity contribution >= 4 is 5.91 Å². The number of carbonyl (C=O) groups is 1. The van der Waals surface area contributed by atoms with Crippen molar-refractivity contribution in [1.82, 2.24) is 4.90 Å². The van der Waals surface area contributed by atoms with E-state index in [0.29, 0.717) is 19.0 Å². The Morgan fingerprint density at radius 3 is 2.53 bits per heavy atom. The highest BCUT2D eigenvalue weighted by Crippen LogP contribution is 2.26. The van der Waals surface area contributed by atoms with Crippen LogP contribution in [0.5, 0.6) is 5.75 Å². The molecule has 106 valence electrons. The number of carbonyl (C=O) groups excluding carboxylic acids is 1. The Morgan fingerprint density at radius 1 is 1.42 bits per heavy atom. The zero-order valence-corrected chi connectivity index (χ0v) is 10.6. The van der Waals surface area contributed by atoms with Crippen LogP contribution in [0.3, 0.4) is 0 Å². The Balaban J connectivity index is 3.13. The van der Waals surface area contributed by atoms with E-state index in [9.17, 15) is 18.0 Å². The summed E-state index contributed by atoms with van der Waals surface area (Å²) < 4.78 is 39.6. The molecule has 1 aromatic rings. The SMILES string of the molecule is CC(CCN)N(C)C(=O)c1cc(F)c(F)c(O)c1F. The fraction of sp³-hybridized carbons (Fsp3) is 0.417. The van der Waals surface area contributed by atoms with Crippen LogP contribution >= 0.6 is 0 Å². The van der Waals surface area contributed by atoms with E-state index in [4.69, 9.17) is 10.8 Å². The molecule has 7 heteroatoms. The molecule has 3 N–H and O–H groups in total. The van der Waals surface area contributed by atoms with Gasteiger partial charge in [0, 0.05) is 13.1 Å². The Kier molecular flexibility index (Phi) is 4.77. The predicted molar refractivity (Wildman–Crippen MR) is 63.2 cm³/mol. The summed E-state index contributed by atoms with van der Waals surface area (Å²) in [6.45, 7) is 2.01. The van der Waals surface area contributed by atoms with E-state index < -0.39 is 34.7 Å². The molecular weight excluding hydrogens is 261 g/mol. The minimum absolute atomic E-state index is 0.299. The van der Waals surface area contributed by atoms with Gasteiger partial charge in [0.25, 0.3) is 5.91 Å². The zero-order valence-electron chi connectivity index (χ0n) is 10.6. The maximum absolute atomic E-state index is 13.6. The number of aromatic hydroxyl groups is 1. The van der Waals surface area contributed by atoms with Crippen LogP contribution in [0, 0.1) is 17.5 Å². The average molecular weight is 276 g/mol. The smallest absolute Gasteiger partial charge is 0.257 e. The van der Waals surface area contributed by atoms with E-state index in [2.05, 4.69) is 0 Å². The highest BCUT2D eigenvalue weighted by atomic mass is 19.2. The Hall–Kier alpha value is -1.76. The molecule has 0 fully saturated rings. The minimum Gasteiger partial charge on any atom is -0.503 e. The summed E-state index contributed by atoms with van der Waals surface area (Å²) in [5, 5.41) is 9.06. The molecule has 0 aromatic heterocycles. The van der Waals surface area contributed by atoms with Crippen LogP contribution < -0.4 is 5.73 Å². The molecule has 1 aromatic carbocycles. The van der Waals surface area contributed by atoms with Gasteiger partial charge in [-0.1, -0.05) is 0 Å². The summed E-state index contributed by atoms with van der Waals surface area (Å²) in [6, 6.07) is 0.130. The van der Waals surface area contributed by atoms with Gasteiger partial charge in [0.05, 0.1) is 5.56 Å². The number of hydrogen-bond acceptors (Lipinski definition) is 3. The Bertz CT molecular complexity index is 494. The van der Waals surface area contributed by atoms with Crippen LogP contribution in [0.25, 0.3) is 0 Å². The van der Waals surface area contributed by atoms with Crippen molar-refractivity contribution in [2.24, 2.45) is 5.73 Å². The number of halogens is 3. The first-order valence-corrected chi connectivity index (χ1v) is 5.64. The number of nitrogens with two attached hydrogens (primary N) is 1. The molecule has 0 saturated carbocycles. The van der Waals surface area contributed by atoms with Crippen LogP contribution in [-0.2, 0) is 0 Å². The van der Waals surface area contributed by atoms with Gasteiger partial charge in [-0.05, 0) is 26.0 Å². The van der Waals surface area contributed by atoms with Gasteiger partial charge in [0.15, 0.2) is 17.4 Å². The van der Waals surface area contributed by atoms with Gasteiger partial charge in [0.2, 0.25) is 5.82 Å². The molecule has 0 radical (unpaired) electrons. The summed E-state index contributed by atoms with van der Waals surface area (Å²) in [6.07, 6.45) is 0.472. The van der Waals surface area contributed by atoms with E-state index in [1.807, 2.05) is 0 Å². The van der Waals surface area contributed by atoms with E-state index >= 15 is 0 Å². The molecule has 4 nitrogen and oxygen atoms in total. The third kappa shape index (κ3) is 2.98. The summed E-state index contributed by atoms with van der Waals surface area (Å²) in [5.41, 5.74) is 4.62. The standard InChI is InChI=1S/C12H15F3N2O2/c1-6(3-4-16)17(2)12(19)7-5-8(13)10(15)11(18)9(7)14/h5-6,18H,3-4,16H2,1-2H3. The third-order valence-electron chi connectivity index (χ3n) is 2.93. The van der Waals surface area contributed by atoms with Crippen LogP contribution in [0.1, 0.15) is 23.7 Å². The van der Waals surface area contributed by atoms with E-state index in [-0.39, 0.29) is 6.04 Å². The lowest BCUT2D eigenvalue weighted by Crippen LogP contribution is -2.36. The van der Waals surface area contributed by atoms with Crippen molar-refractivity contribution in [2.75, 3.05) is 13.6 Å². The number of phenolic OH excluding ortho intramolecular Hbond substituents is 1. The zero-order chi connectivity index (χ0) is 14.7. The molecule has 0 heterocycles. The molecule has 0 aliphatic carbocycles. The lowest BCUT2D eigenvalue weighted by Gasteiger charge is -2.24. The van der Waals surface area contributed by atoms with Gasteiger partial charge in [-0.3, -0.25) is 4.79 Å². The van der Waals surface area contributed by atoms with Crippen molar-refractivity contribution in [3.8, 4) is 5.75 Å². The number of nitrogens with zero attached hydrogens (tertiary/aromatic N) is 1. The molecule has 0 aliphatic rings. The first-order chi connectivity index (χ1) is 8.81. The van der Waals surface area contributed by atoms with Crippen LogP contribution in [0.2, 0.25) is 0 Å². The fourth-order valence-corrected chi connectivity index (χ4v) is 1.57. The normalized spacial score (nSPS) is 12.3. The summed E-state index contributed by atoms with van der Waals surface area (Å²) in [7, 11) is 1.39. The second kappa shape index (κ2) is 5.92. The predicted octanol–water partition coefficient (Wildman–Crippen LogP) is 1.62. The van der Waals surface area contributed by atoms with E-state index in [1.165, 1.54) is 7.05 Å². The monoisotopic (exact) mass is 276 g/mol. The molecule has 0 saturated heterocycles. The molecule has 1 atom stereocenters. The first kappa shape index (κ1) is 15.3. The lowest BCUT2D eigenvalue weighted by atomic mass is 10.1. The molecule has 0 aliphatic heterocycles. The van der Waals surface area contributed by atoms with Crippen LogP contribution in [0.15, 0.2) is 6.07 Å². The Labute approximate surface area is 108 Å². The molecule has 0 bridgehead atoms. The summed E-state index contributed by atoms with van der Waals surface area (Å²) in [5.74, 6) is -7.03. The number of benzene rings is 1. The first-order valence-electron chi connectivity index (χ1n) is 5.64. The summed E-state index contributed by atoms with van der Waals surface area (Å²) >= 11 is 0. The second-order valence-corrected chi connectivity index (χ2v) is 4.22. The number of phenols is 1. The molecule has 1 unspecified atom stereocenters. The van der Waals surface area contributed by atoms with Crippen LogP contribution in [-0.4, -0.2) is 35.5 Å². The van der Waals surface area contributed by atoms with Crippen molar-refractivity contribution in [3.05, 3.63) is 29.1 Å². The van der Waals surface area contributed by atoms with E-state index in [0.717, 1.165) is 4.90 Å². The average Bonchev–Trinajstić information content (AvgIpc) is 2.39. The van der Waals surface area contributed by atoms with Crippen molar-refractivity contribution in [1.29, 1.82) is 0 Å². The molecule has 1 amide bonds. The number of hydrogen-bond donors (Lipinski definition) is 2. The summed E-state index contributed by atoms with van der Waals surface area (Å²) in [4.78, 5) is 13.1. The van der Waals surface area contributed by atoms with Gasteiger partial charge in [-0.25, -0.2) is 8.78 Å². The highest BCUT2D eigenvalue weighted by Gasteiger charge is 2.26. The highest BCUT2D eigenvalue weighted by molar-refractivity contribution is 5.95. The maximum Gasteiger partial charge on any atom is 0.257 e. The second-order valence-electron chi connectivity index (χ2n) is 4.22. The molecule has 19 heavy (non-hydrogen) atoms. The minimum atomic E-state index is -1.72. The Morgan fingerprint density at radius 2 is 2.00 bits per heavy atom. The largest absolute Gasteiger partial charge is 0.503 e. The fourth-order valence-electron chi connectivity index (χ4n) is 1.57. The van der Waals surface area contributed by atoms with Crippen molar-refractivity contribution in [2.45, 2.75) is 19.4 Å². The number of rotatable bonds is 4. The van der Waals surface area contributed by atoms with Crippen molar-refractivity contribution < 1.29 is 23.1 Å². The van der Waals surface area contributed by atoms with Gasteiger partial charge >= 0.3 is 0 Å². The van der Waals surface area contributed by atoms with Gasteiger partial charge in [0.1, 0.15) is 0 Å². The van der Waals surface area contributed by atoms with Crippen LogP contribution in [0.4, 0.5) is 13.2 Å². The lowest BCUT2D eigenvalue weighted by molar-refractivity contribution is 0.0732. The maximum atomic E-state index is 13.6. The molecule has 1 rings (SSSR count).